The van der Waals surface area contributed by atoms with Gasteiger partial charge in [0.25, 0.3) is 0 Å². The number of halogens is 1. The van der Waals surface area contributed by atoms with Gasteiger partial charge in [0.05, 0.1) is 0 Å². The second-order valence-electron chi connectivity index (χ2n) is 4.53. The number of phenolic OH excluding ortho intramolecular Hbond substituents is 1. The quantitative estimate of drug-likeness (QED) is 0.761. The fourth-order valence-electron chi connectivity index (χ4n) is 2.16. The molecule has 2 N–H and O–H groups in total. The lowest BCUT2D eigenvalue weighted by molar-refractivity contribution is 0.466. The number of nitrogens with zero attached hydrogens (tertiary/aromatic N) is 1. The Bertz CT molecular complexity index is 753. The molecule has 3 rings (SSSR count). The van der Waals surface area contributed by atoms with E-state index in [2.05, 4.69) is 10.3 Å². The monoisotopic (exact) mass is 268 g/mol. The van der Waals surface area contributed by atoms with Gasteiger partial charge in [-0.25, -0.2) is 4.39 Å². The molecule has 3 aromatic rings. The van der Waals surface area contributed by atoms with Crippen LogP contribution in [-0.2, 0) is 6.54 Å². The third-order valence-corrected chi connectivity index (χ3v) is 3.19. The van der Waals surface area contributed by atoms with E-state index >= 15 is 0 Å². The molecule has 0 bridgehead atoms. The van der Waals surface area contributed by atoms with Crippen LogP contribution in [0.1, 0.15) is 5.56 Å². The van der Waals surface area contributed by atoms with Crippen LogP contribution in [0.5, 0.6) is 5.75 Å². The molecule has 100 valence electrons. The number of anilines is 1. The molecule has 0 aliphatic carbocycles. The van der Waals surface area contributed by atoms with Crippen molar-refractivity contribution in [1.29, 1.82) is 0 Å². The minimum Gasteiger partial charge on any atom is -0.508 e. The zero-order valence-electron chi connectivity index (χ0n) is 10.7. The summed E-state index contributed by atoms with van der Waals surface area (Å²) in [6.45, 7) is 0.352. The summed E-state index contributed by atoms with van der Waals surface area (Å²) < 4.78 is 13.2. The highest BCUT2D eigenvalue weighted by atomic mass is 19.1. The fraction of sp³-hybridized carbons (Fsp3) is 0.0625. The number of hydrogen-bond donors (Lipinski definition) is 2. The zero-order valence-corrected chi connectivity index (χ0v) is 10.7. The molecule has 0 aliphatic rings. The van der Waals surface area contributed by atoms with Crippen LogP contribution in [-0.4, -0.2) is 10.1 Å². The average Bonchev–Trinajstić information content (AvgIpc) is 2.48. The first-order valence-corrected chi connectivity index (χ1v) is 6.28. The van der Waals surface area contributed by atoms with Crippen molar-refractivity contribution in [2.75, 3.05) is 5.32 Å². The minimum atomic E-state index is -0.360. The van der Waals surface area contributed by atoms with E-state index < -0.39 is 0 Å². The molecule has 0 saturated heterocycles. The molecule has 1 aromatic heterocycles. The van der Waals surface area contributed by atoms with Crippen LogP contribution in [0.25, 0.3) is 10.8 Å². The predicted molar refractivity (Wildman–Crippen MR) is 77.1 cm³/mol. The summed E-state index contributed by atoms with van der Waals surface area (Å²) in [5.74, 6) is -0.275. The highest BCUT2D eigenvalue weighted by molar-refractivity contribution is 5.93. The van der Waals surface area contributed by atoms with Gasteiger partial charge in [0.15, 0.2) is 0 Å². The summed E-state index contributed by atoms with van der Waals surface area (Å²) in [4.78, 5) is 4.08. The van der Waals surface area contributed by atoms with Crippen molar-refractivity contribution in [3.8, 4) is 5.75 Å². The maximum atomic E-state index is 13.2. The molecule has 0 aliphatic heterocycles. The number of benzene rings is 2. The Morgan fingerprint density at radius 2 is 2.05 bits per heavy atom. The SMILES string of the molecule is Oc1ccc(F)cc1CNc1cccc2cnccc12. The molecular formula is C16H13FN2O. The van der Waals surface area contributed by atoms with Crippen LogP contribution in [0.2, 0.25) is 0 Å². The van der Waals surface area contributed by atoms with Crippen molar-refractivity contribution in [2.45, 2.75) is 6.54 Å². The average molecular weight is 268 g/mol. The lowest BCUT2D eigenvalue weighted by Crippen LogP contribution is -2.00. The number of hydrogen-bond acceptors (Lipinski definition) is 3. The number of aromatic nitrogens is 1. The number of phenols is 1. The first-order chi connectivity index (χ1) is 9.74. The highest BCUT2D eigenvalue weighted by Gasteiger charge is 2.04. The third kappa shape index (κ3) is 2.40. The third-order valence-electron chi connectivity index (χ3n) is 3.19. The van der Waals surface area contributed by atoms with Gasteiger partial charge in [0.2, 0.25) is 0 Å². The number of pyridine rings is 1. The van der Waals surface area contributed by atoms with Gasteiger partial charge in [-0.2, -0.15) is 0 Å². The first-order valence-electron chi connectivity index (χ1n) is 6.28. The molecule has 2 aromatic carbocycles. The maximum absolute atomic E-state index is 13.2. The molecule has 20 heavy (non-hydrogen) atoms. The van der Waals surface area contributed by atoms with Gasteiger partial charge >= 0.3 is 0 Å². The van der Waals surface area contributed by atoms with Crippen molar-refractivity contribution in [3.63, 3.8) is 0 Å². The van der Waals surface area contributed by atoms with E-state index in [-0.39, 0.29) is 11.6 Å². The summed E-state index contributed by atoms with van der Waals surface area (Å²) in [6, 6.07) is 11.7. The van der Waals surface area contributed by atoms with E-state index in [4.69, 9.17) is 0 Å². The van der Waals surface area contributed by atoms with Crippen LogP contribution in [0.3, 0.4) is 0 Å². The second-order valence-corrected chi connectivity index (χ2v) is 4.53. The van der Waals surface area contributed by atoms with Gasteiger partial charge in [-0.15, -0.1) is 0 Å². The molecule has 0 fully saturated rings. The molecule has 4 heteroatoms. The Hall–Kier alpha value is -2.62. The largest absolute Gasteiger partial charge is 0.508 e. The van der Waals surface area contributed by atoms with Gasteiger partial charge < -0.3 is 10.4 Å². The maximum Gasteiger partial charge on any atom is 0.123 e. The van der Waals surface area contributed by atoms with Crippen molar-refractivity contribution >= 4 is 16.5 Å². The summed E-state index contributed by atoms with van der Waals surface area (Å²) in [5, 5.41) is 15.0. The molecule has 0 atom stereocenters. The Morgan fingerprint density at radius 3 is 2.95 bits per heavy atom. The minimum absolute atomic E-state index is 0.0841. The molecule has 0 saturated carbocycles. The van der Waals surface area contributed by atoms with Crippen molar-refractivity contribution in [3.05, 3.63) is 66.2 Å². The number of fused-ring (bicyclic) bond motifs is 1. The number of rotatable bonds is 3. The van der Waals surface area contributed by atoms with Crippen molar-refractivity contribution in [1.82, 2.24) is 4.98 Å². The topological polar surface area (TPSA) is 45.1 Å². The van der Waals surface area contributed by atoms with E-state index in [0.29, 0.717) is 12.1 Å². The highest BCUT2D eigenvalue weighted by Crippen LogP contribution is 2.24. The molecule has 1 heterocycles. The first kappa shape index (κ1) is 12.4. The summed E-state index contributed by atoms with van der Waals surface area (Å²) >= 11 is 0. The van der Waals surface area contributed by atoms with E-state index in [9.17, 15) is 9.50 Å². The van der Waals surface area contributed by atoms with Crippen LogP contribution in [0.15, 0.2) is 54.9 Å². The smallest absolute Gasteiger partial charge is 0.123 e. The van der Waals surface area contributed by atoms with E-state index in [1.54, 1.807) is 12.4 Å². The number of nitrogens with one attached hydrogen (secondary N) is 1. The molecule has 0 amide bonds. The van der Waals surface area contributed by atoms with Gasteiger partial charge in [0.1, 0.15) is 11.6 Å². The Balaban J connectivity index is 1.89. The van der Waals surface area contributed by atoms with E-state index in [0.717, 1.165) is 16.5 Å². The van der Waals surface area contributed by atoms with Gasteiger partial charge in [0, 0.05) is 41.0 Å². The van der Waals surface area contributed by atoms with Crippen LogP contribution in [0.4, 0.5) is 10.1 Å². The molecule has 3 nitrogen and oxygen atoms in total. The summed E-state index contributed by atoms with van der Waals surface area (Å²) in [7, 11) is 0. The van der Waals surface area contributed by atoms with Crippen LogP contribution < -0.4 is 5.32 Å². The lowest BCUT2D eigenvalue weighted by Gasteiger charge is -2.10. The second kappa shape index (κ2) is 5.17. The molecule has 0 radical (unpaired) electrons. The van der Waals surface area contributed by atoms with Crippen LogP contribution >= 0.6 is 0 Å². The molecule has 0 spiro atoms. The van der Waals surface area contributed by atoms with Crippen molar-refractivity contribution < 1.29 is 9.50 Å². The Kier molecular flexibility index (Phi) is 3.21. The standard InChI is InChI=1S/C16H13FN2O/c17-13-4-5-16(20)12(8-13)10-19-15-3-1-2-11-9-18-7-6-14(11)15/h1-9,19-20H,10H2. The van der Waals surface area contributed by atoms with E-state index in [1.807, 2.05) is 24.3 Å². The van der Waals surface area contributed by atoms with Gasteiger partial charge in [-0.1, -0.05) is 12.1 Å². The number of aromatic hydroxyl groups is 1. The van der Waals surface area contributed by atoms with Crippen LogP contribution in [0, 0.1) is 5.82 Å². The zero-order chi connectivity index (χ0) is 13.9. The van der Waals surface area contributed by atoms with Gasteiger partial charge in [-0.05, 0) is 30.3 Å². The van der Waals surface area contributed by atoms with Crippen molar-refractivity contribution in [2.24, 2.45) is 0 Å². The predicted octanol–water partition coefficient (Wildman–Crippen LogP) is 3.69. The fourth-order valence-corrected chi connectivity index (χ4v) is 2.16. The van der Waals surface area contributed by atoms with E-state index in [1.165, 1.54) is 18.2 Å². The summed E-state index contributed by atoms with van der Waals surface area (Å²) in [6.07, 6.45) is 3.52. The molecular weight excluding hydrogens is 255 g/mol. The van der Waals surface area contributed by atoms with Gasteiger partial charge in [-0.3, -0.25) is 4.98 Å². The lowest BCUT2D eigenvalue weighted by atomic mass is 10.1. The molecule has 0 unspecified atom stereocenters. The Labute approximate surface area is 115 Å². The normalized spacial score (nSPS) is 10.7. The Morgan fingerprint density at radius 1 is 1.15 bits per heavy atom. The summed E-state index contributed by atoms with van der Waals surface area (Å²) in [5.41, 5.74) is 1.45.